The molecule has 134 valence electrons. The van der Waals surface area contributed by atoms with Crippen LogP contribution >= 0.6 is 0 Å². The summed E-state index contributed by atoms with van der Waals surface area (Å²) in [6.07, 6.45) is 9.01. The van der Waals surface area contributed by atoms with Crippen LogP contribution in [0.15, 0.2) is 30.9 Å². The smallest absolute Gasteiger partial charge is 0.178 e. The lowest BCUT2D eigenvalue weighted by atomic mass is 9.85. The Kier molecular flexibility index (Phi) is 3.77. The molecule has 0 amide bonds. The molecule has 3 aromatic rings. The molecule has 0 unspecified atom stereocenters. The molecule has 0 N–H and O–H groups in total. The third kappa shape index (κ3) is 2.70. The SMILES string of the molecule is CN(Cc1cncnc1)C1CN(c2ccc3nnc(C4CCC4)n3n2)C1. The van der Waals surface area contributed by atoms with E-state index in [-0.39, 0.29) is 0 Å². The number of fused-ring (bicyclic) bond motifs is 1. The van der Waals surface area contributed by atoms with Crippen molar-refractivity contribution in [2.45, 2.75) is 37.8 Å². The predicted molar refractivity (Wildman–Crippen MR) is 96.9 cm³/mol. The molecule has 5 rings (SSSR count). The van der Waals surface area contributed by atoms with E-state index in [2.05, 4.69) is 43.1 Å². The van der Waals surface area contributed by atoms with Gasteiger partial charge in [0.1, 0.15) is 12.1 Å². The van der Waals surface area contributed by atoms with Gasteiger partial charge < -0.3 is 4.90 Å². The van der Waals surface area contributed by atoms with Gasteiger partial charge in [-0.25, -0.2) is 9.97 Å². The van der Waals surface area contributed by atoms with Crippen LogP contribution in [-0.2, 0) is 6.54 Å². The predicted octanol–water partition coefficient (Wildman–Crippen LogP) is 1.50. The van der Waals surface area contributed by atoms with E-state index in [0.717, 1.165) is 42.5 Å². The Morgan fingerprint density at radius 2 is 1.92 bits per heavy atom. The number of rotatable bonds is 5. The summed E-state index contributed by atoms with van der Waals surface area (Å²) in [4.78, 5) is 12.8. The number of likely N-dealkylation sites (N-methyl/N-ethyl adjacent to an activating group) is 1. The molecule has 2 fully saturated rings. The highest BCUT2D eigenvalue weighted by Gasteiger charge is 2.32. The first kappa shape index (κ1) is 15.6. The van der Waals surface area contributed by atoms with Gasteiger partial charge in [0, 0.05) is 49.6 Å². The molecule has 4 heterocycles. The Balaban J connectivity index is 1.27. The van der Waals surface area contributed by atoms with Crippen molar-refractivity contribution in [1.82, 2.24) is 34.7 Å². The quantitative estimate of drug-likeness (QED) is 0.690. The van der Waals surface area contributed by atoms with Crippen molar-refractivity contribution in [2.75, 3.05) is 25.0 Å². The second-order valence-corrected chi connectivity index (χ2v) is 7.37. The highest BCUT2D eigenvalue weighted by Crippen LogP contribution is 2.35. The van der Waals surface area contributed by atoms with Crippen molar-refractivity contribution < 1.29 is 0 Å². The summed E-state index contributed by atoms with van der Waals surface area (Å²) in [6.45, 7) is 2.82. The van der Waals surface area contributed by atoms with Gasteiger partial charge in [0.15, 0.2) is 11.5 Å². The van der Waals surface area contributed by atoms with Crippen LogP contribution in [0.2, 0.25) is 0 Å². The minimum atomic E-state index is 0.514. The maximum atomic E-state index is 4.82. The van der Waals surface area contributed by atoms with E-state index >= 15 is 0 Å². The summed E-state index contributed by atoms with van der Waals surface area (Å²) >= 11 is 0. The molecule has 0 spiro atoms. The molecule has 1 saturated carbocycles. The largest absolute Gasteiger partial charge is 0.352 e. The molecule has 8 heteroatoms. The molecule has 0 radical (unpaired) electrons. The number of hydrogen-bond donors (Lipinski definition) is 0. The first-order valence-electron chi connectivity index (χ1n) is 9.19. The van der Waals surface area contributed by atoms with E-state index in [0.29, 0.717) is 12.0 Å². The van der Waals surface area contributed by atoms with Gasteiger partial charge in [-0.15, -0.1) is 15.3 Å². The zero-order chi connectivity index (χ0) is 17.5. The van der Waals surface area contributed by atoms with Crippen LogP contribution in [0.1, 0.15) is 36.6 Å². The van der Waals surface area contributed by atoms with E-state index in [1.54, 1.807) is 6.33 Å². The topological polar surface area (TPSA) is 75.3 Å². The fraction of sp³-hybridized carbons (Fsp3) is 0.500. The summed E-state index contributed by atoms with van der Waals surface area (Å²) in [6, 6.07) is 4.59. The molecule has 3 aromatic heterocycles. The standard InChI is InChI=1S/C18H22N8/c1-24(9-13-7-19-12-20-8-13)15-10-25(11-15)17-6-5-16-21-22-18(26(16)23-17)14-3-2-4-14/h5-8,12,14-15H,2-4,9-11H2,1H3. The van der Waals surface area contributed by atoms with Gasteiger partial charge in [0.25, 0.3) is 0 Å². The van der Waals surface area contributed by atoms with E-state index < -0.39 is 0 Å². The van der Waals surface area contributed by atoms with Gasteiger partial charge in [-0.1, -0.05) is 6.42 Å². The minimum absolute atomic E-state index is 0.514. The van der Waals surface area contributed by atoms with Crippen LogP contribution in [0, 0.1) is 0 Å². The van der Waals surface area contributed by atoms with Crippen molar-refractivity contribution in [2.24, 2.45) is 0 Å². The Hall–Kier alpha value is -2.61. The van der Waals surface area contributed by atoms with Crippen LogP contribution < -0.4 is 4.90 Å². The monoisotopic (exact) mass is 350 g/mol. The van der Waals surface area contributed by atoms with Gasteiger partial charge in [0.05, 0.1) is 0 Å². The zero-order valence-electron chi connectivity index (χ0n) is 14.9. The molecule has 26 heavy (non-hydrogen) atoms. The summed E-state index contributed by atoms with van der Waals surface area (Å²) in [5, 5.41) is 13.4. The fourth-order valence-corrected chi connectivity index (χ4v) is 3.64. The van der Waals surface area contributed by atoms with Crippen molar-refractivity contribution in [3.8, 4) is 0 Å². The third-order valence-corrected chi connectivity index (χ3v) is 5.60. The molecule has 0 atom stereocenters. The highest BCUT2D eigenvalue weighted by atomic mass is 15.4. The number of nitrogens with zero attached hydrogens (tertiary/aromatic N) is 8. The average molecular weight is 350 g/mol. The lowest BCUT2D eigenvalue weighted by molar-refractivity contribution is 0.196. The molecule has 0 aromatic carbocycles. The fourth-order valence-electron chi connectivity index (χ4n) is 3.64. The molecule has 2 aliphatic rings. The van der Waals surface area contributed by atoms with Gasteiger partial charge in [-0.05, 0) is 32.0 Å². The zero-order valence-corrected chi connectivity index (χ0v) is 14.9. The Labute approximate surface area is 151 Å². The maximum absolute atomic E-state index is 4.82. The van der Waals surface area contributed by atoms with E-state index in [4.69, 9.17) is 5.10 Å². The lowest BCUT2D eigenvalue weighted by Gasteiger charge is -2.44. The van der Waals surface area contributed by atoms with Crippen LogP contribution in [0.3, 0.4) is 0 Å². The Bertz CT molecular complexity index is 898. The van der Waals surface area contributed by atoms with Gasteiger partial charge >= 0.3 is 0 Å². The van der Waals surface area contributed by atoms with Gasteiger partial charge in [-0.2, -0.15) is 4.52 Å². The third-order valence-electron chi connectivity index (χ3n) is 5.60. The molecule has 0 bridgehead atoms. The Morgan fingerprint density at radius 3 is 2.65 bits per heavy atom. The number of anilines is 1. The summed E-state index contributed by atoms with van der Waals surface area (Å²) < 4.78 is 1.94. The van der Waals surface area contributed by atoms with Crippen LogP contribution in [0.4, 0.5) is 5.82 Å². The van der Waals surface area contributed by atoms with E-state index in [1.807, 2.05) is 23.0 Å². The summed E-state index contributed by atoms with van der Waals surface area (Å²) in [7, 11) is 2.15. The molecule has 1 saturated heterocycles. The lowest BCUT2D eigenvalue weighted by Crippen LogP contribution is -2.58. The molecule has 8 nitrogen and oxygen atoms in total. The minimum Gasteiger partial charge on any atom is -0.352 e. The van der Waals surface area contributed by atoms with E-state index in [1.165, 1.54) is 19.3 Å². The first-order valence-corrected chi connectivity index (χ1v) is 9.19. The van der Waals surface area contributed by atoms with Crippen molar-refractivity contribution >= 4 is 11.5 Å². The van der Waals surface area contributed by atoms with Crippen molar-refractivity contribution in [3.05, 3.63) is 42.2 Å². The number of hydrogen-bond acceptors (Lipinski definition) is 7. The van der Waals surface area contributed by atoms with Gasteiger partial charge in [-0.3, -0.25) is 4.90 Å². The van der Waals surface area contributed by atoms with Crippen LogP contribution in [0.25, 0.3) is 5.65 Å². The van der Waals surface area contributed by atoms with Crippen LogP contribution in [0.5, 0.6) is 0 Å². The highest BCUT2D eigenvalue weighted by molar-refractivity contribution is 5.48. The van der Waals surface area contributed by atoms with E-state index in [9.17, 15) is 0 Å². The second kappa shape index (κ2) is 6.28. The molecule has 1 aliphatic heterocycles. The van der Waals surface area contributed by atoms with Crippen molar-refractivity contribution in [3.63, 3.8) is 0 Å². The molecule has 1 aliphatic carbocycles. The molecular weight excluding hydrogens is 328 g/mol. The molecular formula is C18H22N8. The normalized spacial score (nSPS) is 18.3. The van der Waals surface area contributed by atoms with Crippen molar-refractivity contribution in [1.29, 1.82) is 0 Å². The average Bonchev–Trinajstić information content (AvgIpc) is 2.96. The maximum Gasteiger partial charge on any atom is 0.178 e. The second-order valence-electron chi connectivity index (χ2n) is 7.37. The number of aromatic nitrogens is 6. The summed E-state index contributed by atoms with van der Waals surface area (Å²) in [5.74, 6) is 2.55. The Morgan fingerprint density at radius 1 is 1.12 bits per heavy atom. The van der Waals surface area contributed by atoms with Gasteiger partial charge in [0.2, 0.25) is 0 Å². The first-order chi connectivity index (χ1) is 12.8. The summed E-state index contributed by atoms with van der Waals surface area (Å²) in [5.41, 5.74) is 1.98. The van der Waals surface area contributed by atoms with Crippen LogP contribution in [-0.4, -0.2) is 60.9 Å².